The Morgan fingerprint density at radius 1 is 1.47 bits per heavy atom. The molecule has 106 valence electrons. The van der Waals surface area contributed by atoms with Crippen LogP contribution in [0.4, 0.5) is 5.69 Å². The van der Waals surface area contributed by atoms with Gasteiger partial charge in [-0.1, -0.05) is 30.7 Å². The smallest absolute Gasteiger partial charge is 0.0643 e. The summed E-state index contributed by atoms with van der Waals surface area (Å²) in [6.45, 7) is 5.19. The normalized spacial score (nSPS) is 19.1. The quantitative estimate of drug-likeness (QED) is 0.788. The third kappa shape index (κ3) is 3.41. The first-order valence-electron chi connectivity index (χ1n) is 7.13. The molecule has 1 aliphatic rings. The molecule has 0 amide bonds. The zero-order chi connectivity index (χ0) is 13.7. The number of nitrogens with zero attached hydrogens (tertiary/aromatic N) is 1. The summed E-state index contributed by atoms with van der Waals surface area (Å²) >= 11 is 6.39. The Labute approximate surface area is 120 Å². The zero-order valence-electron chi connectivity index (χ0n) is 11.5. The molecule has 0 aliphatic carbocycles. The van der Waals surface area contributed by atoms with Crippen LogP contribution in [0.5, 0.6) is 0 Å². The Hall–Kier alpha value is -0.770. The molecule has 1 fully saturated rings. The molecule has 1 saturated heterocycles. The maximum absolute atomic E-state index is 9.49. The number of para-hydroxylation sites is 1. The second kappa shape index (κ2) is 7.13. The van der Waals surface area contributed by atoms with E-state index in [1.807, 2.05) is 12.1 Å². The lowest BCUT2D eigenvalue weighted by Crippen LogP contribution is -2.33. The fourth-order valence-electron chi connectivity index (χ4n) is 2.74. The number of halogens is 1. The highest BCUT2D eigenvalue weighted by molar-refractivity contribution is 6.33. The summed E-state index contributed by atoms with van der Waals surface area (Å²) in [4.78, 5) is 2.27. The molecule has 0 bridgehead atoms. The van der Waals surface area contributed by atoms with Crippen molar-refractivity contribution in [1.82, 2.24) is 5.32 Å². The van der Waals surface area contributed by atoms with Gasteiger partial charge in [-0.3, -0.25) is 0 Å². The summed E-state index contributed by atoms with van der Waals surface area (Å²) in [6, 6.07) is 6.27. The lowest BCUT2D eigenvalue weighted by Gasteiger charge is -2.28. The molecule has 0 spiro atoms. The molecule has 0 radical (unpaired) electrons. The van der Waals surface area contributed by atoms with E-state index in [0.29, 0.717) is 0 Å². The number of anilines is 1. The average molecular weight is 283 g/mol. The van der Waals surface area contributed by atoms with Gasteiger partial charge in [-0.15, -0.1) is 0 Å². The van der Waals surface area contributed by atoms with Gasteiger partial charge < -0.3 is 15.3 Å². The molecule has 2 N–H and O–H groups in total. The van der Waals surface area contributed by atoms with Gasteiger partial charge in [0.25, 0.3) is 0 Å². The first-order chi connectivity index (χ1) is 9.27. The van der Waals surface area contributed by atoms with Gasteiger partial charge in [0.05, 0.1) is 23.4 Å². The summed E-state index contributed by atoms with van der Waals surface area (Å²) in [5, 5.41) is 13.7. The number of hydrogen-bond donors (Lipinski definition) is 2. The molecule has 4 heteroatoms. The van der Waals surface area contributed by atoms with Crippen molar-refractivity contribution >= 4 is 17.3 Å². The predicted molar refractivity (Wildman–Crippen MR) is 80.9 cm³/mol. The van der Waals surface area contributed by atoms with Crippen LogP contribution in [0.1, 0.15) is 31.7 Å². The molecule has 1 atom stereocenters. The topological polar surface area (TPSA) is 35.5 Å². The molecule has 1 aliphatic heterocycles. The highest BCUT2D eigenvalue weighted by Crippen LogP contribution is 2.34. The fourth-order valence-corrected chi connectivity index (χ4v) is 3.05. The average Bonchev–Trinajstić information content (AvgIpc) is 2.87. The van der Waals surface area contributed by atoms with Gasteiger partial charge in [-0.05, 0) is 37.4 Å². The van der Waals surface area contributed by atoms with E-state index >= 15 is 0 Å². The standard InChI is InChI=1S/C15H23ClN2O/c1-2-8-17-10-12-5-3-7-14(16)15(12)18-9-4-6-13(18)11-19/h3,5,7,13,17,19H,2,4,6,8-11H2,1H3. The van der Waals surface area contributed by atoms with Crippen molar-refractivity contribution in [2.45, 2.75) is 38.8 Å². The molecule has 3 nitrogen and oxygen atoms in total. The summed E-state index contributed by atoms with van der Waals surface area (Å²) in [5.74, 6) is 0. The monoisotopic (exact) mass is 282 g/mol. The SMILES string of the molecule is CCCNCc1cccc(Cl)c1N1CCCC1CO. The van der Waals surface area contributed by atoms with E-state index in [4.69, 9.17) is 11.6 Å². The Balaban J connectivity index is 2.21. The Kier molecular flexibility index (Phi) is 5.49. The van der Waals surface area contributed by atoms with Crippen molar-refractivity contribution in [3.05, 3.63) is 28.8 Å². The van der Waals surface area contributed by atoms with Gasteiger partial charge in [0.15, 0.2) is 0 Å². The van der Waals surface area contributed by atoms with Crippen molar-refractivity contribution in [3.8, 4) is 0 Å². The van der Waals surface area contributed by atoms with Crippen LogP contribution in [0.3, 0.4) is 0 Å². The van der Waals surface area contributed by atoms with Crippen LogP contribution < -0.4 is 10.2 Å². The molecule has 1 aromatic carbocycles. The van der Waals surface area contributed by atoms with E-state index in [-0.39, 0.29) is 12.6 Å². The van der Waals surface area contributed by atoms with Crippen LogP contribution in [0.25, 0.3) is 0 Å². The maximum Gasteiger partial charge on any atom is 0.0643 e. The van der Waals surface area contributed by atoms with Gasteiger partial charge in [-0.2, -0.15) is 0 Å². The zero-order valence-corrected chi connectivity index (χ0v) is 12.3. The molecule has 0 saturated carbocycles. The number of nitrogens with one attached hydrogen (secondary N) is 1. The van der Waals surface area contributed by atoms with E-state index in [1.165, 1.54) is 5.56 Å². The Morgan fingerprint density at radius 3 is 3.05 bits per heavy atom. The van der Waals surface area contributed by atoms with Gasteiger partial charge in [0, 0.05) is 13.1 Å². The van der Waals surface area contributed by atoms with Crippen molar-refractivity contribution in [1.29, 1.82) is 0 Å². The minimum absolute atomic E-state index is 0.201. The van der Waals surface area contributed by atoms with E-state index in [9.17, 15) is 5.11 Å². The lowest BCUT2D eigenvalue weighted by molar-refractivity contribution is 0.266. The molecular weight excluding hydrogens is 260 g/mol. The van der Waals surface area contributed by atoms with E-state index in [2.05, 4.69) is 23.2 Å². The predicted octanol–water partition coefficient (Wildman–Crippen LogP) is 2.80. The van der Waals surface area contributed by atoms with Crippen LogP contribution in [0.2, 0.25) is 5.02 Å². The van der Waals surface area contributed by atoms with Crippen molar-refractivity contribution in [3.63, 3.8) is 0 Å². The molecule has 2 rings (SSSR count). The summed E-state index contributed by atoms with van der Waals surface area (Å²) < 4.78 is 0. The minimum Gasteiger partial charge on any atom is -0.394 e. The maximum atomic E-state index is 9.49. The van der Waals surface area contributed by atoms with E-state index < -0.39 is 0 Å². The fraction of sp³-hybridized carbons (Fsp3) is 0.600. The second-order valence-corrected chi connectivity index (χ2v) is 5.50. The molecular formula is C15H23ClN2O. The van der Waals surface area contributed by atoms with Crippen molar-refractivity contribution in [2.24, 2.45) is 0 Å². The molecule has 1 unspecified atom stereocenters. The van der Waals surface area contributed by atoms with Crippen LogP contribution in [-0.2, 0) is 6.54 Å². The summed E-state index contributed by atoms with van der Waals surface area (Å²) in [7, 11) is 0. The van der Waals surface area contributed by atoms with E-state index in [1.54, 1.807) is 0 Å². The molecule has 0 aromatic heterocycles. The van der Waals surface area contributed by atoms with Gasteiger partial charge in [-0.25, -0.2) is 0 Å². The molecule has 1 heterocycles. The molecule has 19 heavy (non-hydrogen) atoms. The second-order valence-electron chi connectivity index (χ2n) is 5.10. The summed E-state index contributed by atoms with van der Waals surface area (Å²) in [5.41, 5.74) is 2.32. The number of benzene rings is 1. The third-order valence-electron chi connectivity index (χ3n) is 3.69. The first kappa shape index (κ1) is 14.6. The number of hydrogen-bond acceptors (Lipinski definition) is 3. The highest BCUT2D eigenvalue weighted by Gasteiger charge is 2.27. The number of rotatable bonds is 6. The minimum atomic E-state index is 0.201. The van der Waals surface area contributed by atoms with Crippen LogP contribution in [0, 0.1) is 0 Å². The van der Waals surface area contributed by atoms with Gasteiger partial charge in [0.2, 0.25) is 0 Å². The van der Waals surface area contributed by atoms with Crippen LogP contribution in [-0.4, -0.2) is 30.8 Å². The Morgan fingerprint density at radius 2 is 2.32 bits per heavy atom. The largest absolute Gasteiger partial charge is 0.394 e. The van der Waals surface area contributed by atoms with E-state index in [0.717, 1.165) is 49.6 Å². The molecule has 1 aromatic rings. The highest BCUT2D eigenvalue weighted by atomic mass is 35.5. The van der Waals surface area contributed by atoms with Crippen LogP contribution >= 0.6 is 11.6 Å². The summed E-state index contributed by atoms with van der Waals surface area (Å²) in [6.07, 6.45) is 3.29. The van der Waals surface area contributed by atoms with Crippen LogP contribution in [0.15, 0.2) is 18.2 Å². The van der Waals surface area contributed by atoms with Gasteiger partial charge >= 0.3 is 0 Å². The Bertz CT molecular complexity index is 411. The lowest BCUT2D eigenvalue weighted by atomic mass is 10.1. The third-order valence-corrected chi connectivity index (χ3v) is 3.99. The first-order valence-corrected chi connectivity index (χ1v) is 7.51. The van der Waals surface area contributed by atoms with Gasteiger partial charge in [0.1, 0.15) is 0 Å². The van der Waals surface area contributed by atoms with Crippen molar-refractivity contribution < 1.29 is 5.11 Å². The number of aliphatic hydroxyl groups excluding tert-OH is 1. The number of aliphatic hydroxyl groups is 1. The van der Waals surface area contributed by atoms with Crippen molar-refractivity contribution in [2.75, 3.05) is 24.6 Å².